The first-order valence-corrected chi connectivity index (χ1v) is 6.20. The molecule has 2 rings (SSSR count). The van der Waals surface area contributed by atoms with E-state index in [0.29, 0.717) is 11.8 Å². The van der Waals surface area contributed by atoms with E-state index in [4.69, 9.17) is 11.6 Å². The molecule has 3 nitrogen and oxygen atoms in total. The zero-order valence-corrected chi connectivity index (χ0v) is 11.2. The van der Waals surface area contributed by atoms with Crippen LogP contribution in [0.1, 0.15) is 18.3 Å². The summed E-state index contributed by atoms with van der Waals surface area (Å²) >= 11 is 9.52. The third-order valence-electron chi connectivity index (χ3n) is 2.38. The van der Waals surface area contributed by atoms with Crippen LogP contribution in [0, 0.1) is 0 Å². The molecule has 0 radical (unpaired) electrons. The monoisotopic (exact) mass is 299 g/mol. The first-order valence-electron chi connectivity index (χ1n) is 5.03. The molecule has 2 aromatic rings. The molecular formula is C11H11BrClN3. The molecule has 0 saturated heterocycles. The molecule has 0 atom stereocenters. The van der Waals surface area contributed by atoms with Gasteiger partial charge >= 0.3 is 0 Å². The van der Waals surface area contributed by atoms with Crippen molar-refractivity contribution in [3.05, 3.63) is 45.4 Å². The summed E-state index contributed by atoms with van der Waals surface area (Å²) in [6.07, 6.45) is 0.824. The van der Waals surface area contributed by atoms with Gasteiger partial charge in [0.1, 0.15) is 5.82 Å². The fourth-order valence-corrected chi connectivity index (χ4v) is 2.13. The molecule has 0 saturated carbocycles. The van der Waals surface area contributed by atoms with Gasteiger partial charge in [0.05, 0.1) is 6.54 Å². The Labute approximate surface area is 108 Å². The van der Waals surface area contributed by atoms with Gasteiger partial charge in [0, 0.05) is 10.9 Å². The lowest BCUT2D eigenvalue weighted by Crippen LogP contribution is -2.05. The van der Waals surface area contributed by atoms with Gasteiger partial charge in [-0.3, -0.25) is 4.57 Å². The minimum atomic E-state index is 0.438. The molecule has 1 aromatic heterocycles. The maximum atomic E-state index is 6.00. The van der Waals surface area contributed by atoms with E-state index in [0.717, 1.165) is 16.7 Å². The van der Waals surface area contributed by atoms with Gasteiger partial charge < -0.3 is 0 Å². The standard InChI is InChI=1S/C11H11BrClN3/c1-2-10-14-15-11(13)16(10)7-8-5-3-4-6-9(8)12/h3-6H,2,7H2,1H3. The zero-order valence-electron chi connectivity index (χ0n) is 8.82. The van der Waals surface area contributed by atoms with Crippen LogP contribution in [0.3, 0.4) is 0 Å². The van der Waals surface area contributed by atoms with Crippen molar-refractivity contribution in [1.82, 2.24) is 14.8 Å². The average molecular weight is 301 g/mol. The highest BCUT2D eigenvalue weighted by Gasteiger charge is 2.09. The maximum absolute atomic E-state index is 6.00. The lowest BCUT2D eigenvalue weighted by atomic mass is 10.2. The number of aromatic nitrogens is 3. The Morgan fingerprint density at radius 3 is 2.75 bits per heavy atom. The molecule has 16 heavy (non-hydrogen) atoms. The van der Waals surface area contributed by atoms with Crippen molar-refractivity contribution < 1.29 is 0 Å². The highest BCUT2D eigenvalue weighted by Crippen LogP contribution is 2.19. The lowest BCUT2D eigenvalue weighted by Gasteiger charge is -2.08. The molecular weight excluding hydrogens is 289 g/mol. The number of aryl methyl sites for hydroxylation is 1. The Hall–Kier alpha value is -0.870. The SMILES string of the molecule is CCc1nnc(Cl)n1Cc1ccccc1Br. The summed E-state index contributed by atoms with van der Waals surface area (Å²) in [7, 11) is 0. The van der Waals surface area contributed by atoms with Crippen molar-refractivity contribution in [2.75, 3.05) is 0 Å². The van der Waals surface area contributed by atoms with Crippen molar-refractivity contribution in [1.29, 1.82) is 0 Å². The smallest absolute Gasteiger partial charge is 0.225 e. The quantitative estimate of drug-likeness (QED) is 0.871. The van der Waals surface area contributed by atoms with Gasteiger partial charge in [-0.2, -0.15) is 0 Å². The lowest BCUT2D eigenvalue weighted by molar-refractivity contribution is 0.731. The van der Waals surface area contributed by atoms with Gasteiger partial charge in [0.2, 0.25) is 5.28 Å². The van der Waals surface area contributed by atoms with Crippen LogP contribution in [0.25, 0.3) is 0 Å². The Morgan fingerprint density at radius 1 is 1.31 bits per heavy atom. The van der Waals surface area contributed by atoms with Crippen LogP contribution in [0.4, 0.5) is 0 Å². The molecule has 5 heteroatoms. The highest BCUT2D eigenvalue weighted by molar-refractivity contribution is 9.10. The number of hydrogen-bond acceptors (Lipinski definition) is 2. The Kier molecular flexibility index (Phi) is 3.61. The summed E-state index contributed by atoms with van der Waals surface area (Å²) < 4.78 is 2.99. The largest absolute Gasteiger partial charge is 0.297 e. The van der Waals surface area contributed by atoms with E-state index in [1.807, 2.05) is 29.7 Å². The van der Waals surface area contributed by atoms with Crippen LogP contribution < -0.4 is 0 Å². The Balaban J connectivity index is 2.33. The number of hydrogen-bond donors (Lipinski definition) is 0. The number of rotatable bonds is 3. The van der Waals surface area contributed by atoms with Gasteiger partial charge in [-0.25, -0.2) is 0 Å². The van der Waals surface area contributed by atoms with Gasteiger partial charge in [-0.1, -0.05) is 41.1 Å². The van der Waals surface area contributed by atoms with E-state index < -0.39 is 0 Å². The van der Waals surface area contributed by atoms with E-state index in [1.54, 1.807) is 0 Å². The first-order chi connectivity index (χ1) is 7.72. The topological polar surface area (TPSA) is 30.7 Å². The van der Waals surface area contributed by atoms with Gasteiger partial charge in [0.25, 0.3) is 0 Å². The predicted octanol–water partition coefficient (Wildman–Crippen LogP) is 3.30. The zero-order chi connectivity index (χ0) is 11.5. The van der Waals surface area contributed by atoms with Crippen molar-refractivity contribution in [3.63, 3.8) is 0 Å². The third-order valence-corrected chi connectivity index (χ3v) is 3.44. The van der Waals surface area contributed by atoms with Gasteiger partial charge in [0.15, 0.2) is 0 Å². The number of benzene rings is 1. The van der Waals surface area contributed by atoms with Crippen molar-refractivity contribution in [2.45, 2.75) is 19.9 Å². The molecule has 0 aliphatic rings. The van der Waals surface area contributed by atoms with Crippen LogP contribution in [0.5, 0.6) is 0 Å². The molecule has 84 valence electrons. The van der Waals surface area contributed by atoms with E-state index in [2.05, 4.69) is 32.2 Å². The molecule has 1 aromatic carbocycles. The third kappa shape index (κ3) is 2.28. The molecule has 0 N–H and O–H groups in total. The molecule has 0 bridgehead atoms. The summed E-state index contributed by atoms with van der Waals surface area (Å²) in [6.45, 7) is 2.73. The van der Waals surface area contributed by atoms with Crippen molar-refractivity contribution >= 4 is 27.5 Å². The molecule has 0 spiro atoms. The van der Waals surface area contributed by atoms with E-state index in [-0.39, 0.29) is 0 Å². The molecule has 0 aliphatic carbocycles. The second-order valence-corrected chi connectivity index (χ2v) is 4.61. The van der Waals surface area contributed by atoms with Crippen LogP contribution in [-0.2, 0) is 13.0 Å². The van der Waals surface area contributed by atoms with Crippen LogP contribution in [0.2, 0.25) is 5.28 Å². The number of nitrogens with zero attached hydrogens (tertiary/aromatic N) is 3. The summed E-state index contributed by atoms with van der Waals surface area (Å²) in [5, 5.41) is 8.34. The van der Waals surface area contributed by atoms with Crippen LogP contribution >= 0.6 is 27.5 Å². The molecule has 0 fully saturated rings. The fourth-order valence-electron chi connectivity index (χ4n) is 1.53. The van der Waals surface area contributed by atoms with E-state index >= 15 is 0 Å². The molecule has 0 aliphatic heterocycles. The molecule has 0 unspecified atom stereocenters. The Morgan fingerprint density at radius 2 is 2.06 bits per heavy atom. The van der Waals surface area contributed by atoms with Crippen LogP contribution in [0.15, 0.2) is 28.7 Å². The minimum Gasteiger partial charge on any atom is -0.297 e. The highest BCUT2D eigenvalue weighted by atomic mass is 79.9. The average Bonchev–Trinajstić information content (AvgIpc) is 2.63. The second kappa shape index (κ2) is 4.97. The molecule has 1 heterocycles. The first kappa shape index (κ1) is 11.6. The van der Waals surface area contributed by atoms with Gasteiger partial charge in [-0.05, 0) is 23.2 Å². The minimum absolute atomic E-state index is 0.438. The second-order valence-electron chi connectivity index (χ2n) is 3.42. The number of halogens is 2. The molecule has 0 amide bonds. The van der Waals surface area contributed by atoms with E-state index in [9.17, 15) is 0 Å². The summed E-state index contributed by atoms with van der Waals surface area (Å²) in [4.78, 5) is 0. The predicted molar refractivity (Wildman–Crippen MR) is 67.7 cm³/mol. The Bertz CT molecular complexity index is 496. The maximum Gasteiger partial charge on any atom is 0.225 e. The normalized spacial score (nSPS) is 10.7. The van der Waals surface area contributed by atoms with Crippen LogP contribution in [-0.4, -0.2) is 14.8 Å². The summed E-state index contributed by atoms with van der Waals surface area (Å²) in [5.74, 6) is 0.903. The van der Waals surface area contributed by atoms with E-state index in [1.165, 1.54) is 5.56 Å². The van der Waals surface area contributed by atoms with Crippen molar-refractivity contribution in [3.8, 4) is 0 Å². The van der Waals surface area contributed by atoms with Crippen molar-refractivity contribution in [2.24, 2.45) is 0 Å². The van der Waals surface area contributed by atoms with Gasteiger partial charge in [-0.15, -0.1) is 10.2 Å². The summed E-state index contributed by atoms with van der Waals surface area (Å²) in [6, 6.07) is 8.06. The fraction of sp³-hybridized carbons (Fsp3) is 0.273. The summed E-state index contributed by atoms with van der Waals surface area (Å²) in [5.41, 5.74) is 1.17.